The van der Waals surface area contributed by atoms with Crippen LogP contribution in [0.2, 0.25) is 0 Å². The van der Waals surface area contributed by atoms with E-state index in [1.165, 1.54) is 4.90 Å². The van der Waals surface area contributed by atoms with Gasteiger partial charge in [0.1, 0.15) is 0 Å². The van der Waals surface area contributed by atoms with Crippen LogP contribution in [0.5, 0.6) is 0 Å². The molecule has 1 amide bonds. The SMILES string of the molecule is O=C(c1cc(C(F)(F)F)cc(C(F)(F)F)c1)N1CC2CC(O)CN2CC1Cc1c[nH]c2ccccc12. The molecule has 5 rings (SSSR count). The maximum absolute atomic E-state index is 13.5. The first kappa shape index (κ1) is 24.6. The maximum Gasteiger partial charge on any atom is 0.416 e. The van der Waals surface area contributed by atoms with Crippen molar-refractivity contribution in [3.05, 3.63) is 70.9 Å². The molecule has 1 aromatic heterocycles. The standard InChI is InChI=1S/C25H23F6N3O2/c26-24(27,28)16-5-14(6-17(8-16)25(29,30)31)23(36)34-12-18-9-20(35)13-33(18)11-19(34)7-15-10-32-22-4-2-1-3-21(15)22/h1-6,8,10,18-20,32,35H,7,9,11-13H2. The molecule has 11 heteroatoms. The van der Waals surface area contributed by atoms with Crippen LogP contribution in [0.25, 0.3) is 10.9 Å². The van der Waals surface area contributed by atoms with Crippen LogP contribution in [-0.4, -0.2) is 63.6 Å². The van der Waals surface area contributed by atoms with Gasteiger partial charge in [0, 0.05) is 54.4 Å². The lowest BCUT2D eigenvalue weighted by Crippen LogP contribution is -2.58. The Morgan fingerprint density at radius 3 is 2.31 bits per heavy atom. The van der Waals surface area contributed by atoms with E-state index in [1.54, 1.807) is 6.20 Å². The minimum absolute atomic E-state index is 0.0193. The summed E-state index contributed by atoms with van der Waals surface area (Å²) in [6, 6.07) is 7.76. The molecule has 3 aromatic rings. The van der Waals surface area contributed by atoms with Crippen molar-refractivity contribution < 1.29 is 36.2 Å². The van der Waals surface area contributed by atoms with Crippen molar-refractivity contribution in [1.82, 2.24) is 14.8 Å². The summed E-state index contributed by atoms with van der Waals surface area (Å²) in [5.74, 6) is -0.891. The number of hydrogen-bond acceptors (Lipinski definition) is 3. The summed E-state index contributed by atoms with van der Waals surface area (Å²) in [5, 5.41) is 11.1. The summed E-state index contributed by atoms with van der Waals surface area (Å²) in [4.78, 5) is 20.1. The third-order valence-corrected chi connectivity index (χ3v) is 7.03. The number of piperazine rings is 1. The molecule has 2 aliphatic rings. The zero-order chi connectivity index (χ0) is 25.8. The van der Waals surface area contributed by atoms with Crippen LogP contribution < -0.4 is 0 Å². The van der Waals surface area contributed by atoms with Crippen molar-refractivity contribution in [3.63, 3.8) is 0 Å². The zero-order valence-corrected chi connectivity index (χ0v) is 18.9. The number of halogens is 6. The van der Waals surface area contributed by atoms with Gasteiger partial charge >= 0.3 is 12.4 Å². The van der Waals surface area contributed by atoms with Gasteiger partial charge in [-0.15, -0.1) is 0 Å². The number of benzene rings is 2. The Bertz CT molecular complexity index is 1250. The molecule has 0 radical (unpaired) electrons. The number of H-pyrrole nitrogens is 1. The molecule has 36 heavy (non-hydrogen) atoms. The fourth-order valence-corrected chi connectivity index (χ4v) is 5.34. The summed E-state index contributed by atoms with van der Waals surface area (Å²) in [5.41, 5.74) is -1.95. The third-order valence-electron chi connectivity index (χ3n) is 7.03. The molecule has 0 bridgehead atoms. The number of fused-ring (bicyclic) bond motifs is 2. The third kappa shape index (κ3) is 4.69. The number of alkyl halides is 6. The maximum atomic E-state index is 13.5. The van der Waals surface area contributed by atoms with Crippen LogP contribution in [0, 0.1) is 0 Å². The fraction of sp³-hybridized carbons (Fsp3) is 0.400. The molecule has 0 spiro atoms. The lowest BCUT2D eigenvalue weighted by molar-refractivity contribution is -0.143. The second-order valence-electron chi connectivity index (χ2n) is 9.47. The van der Waals surface area contributed by atoms with Crippen LogP contribution in [0.1, 0.15) is 33.5 Å². The van der Waals surface area contributed by atoms with E-state index >= 15 is 0 Å². The van der Waals surface area contributed by atoms with Gasteiger partial charge in [0.25, 0.3) is 5.91 Å². The van der Waals surface area contributed by atoms with Crippen molar-refractivity contribution in [3.8, 4) is 0 Å². The second-order valence-corrected chi connectivity index (χ2v) is 9.47. The van der Waals surface area contributed by atoms with Crippen LogP contribution in [-0.2, 0) is 18.8 Å². The number of rotatable bonds is 3. The van der Waals surface area contributed by atoms with Crippen molar-refractivity contribution >= 4 is 16.8 Å². The van der Waals surface area contributed by atoms with Crippen molar-refractivity contribution in [2.45, 2.75) is 43.4 Å². The Morgan fingerprint density at radius 2 is 1.64 bits per heavy atom. The number of para-hydroxylation sites is 1. The normalized spacial score (nSPS) is 23.3. The fourth-order valence-electron chi connectivity index (χ4n) is 5.34. The number of carbonyl (C=O) groups excluding carboxylic acids is 1. The quantitative estimate of drug-likeness (QED) is 0.501. The molecule has 0 aliphatic carbocycles. The summed E-state index contributed by atoms with van der Waals surface area (Å²) < 4.78 is 80.4. The Hall–Kier alpha value is -3.05. The Kier molecular flexibility index (Phi) is 6.03. The summed E-state index contributed by atoms with van der Waals surface area (Å²) >= 11 is 0. The molecular formula is C25H23F6N3O2. The predicted molar refractivity (Wildman–Crippen MR) is 119 cm³/mol. The van der Waals surface area contributed by atoms with Gasteiger partial charge in [-0.1, -0.05) is 18.2 Å². The van der Waals surface area contributed by atoms with Gasteiger partial charge in [-0.2, -0.15) is 26.3 Å². The van der Waals surface area contributed by atoms with Gasteiger partial charge in [0.2, 0.25) is 0 Å². The topological polar surface area (TPSA) is 59.6 Å². The van der Waals surface area contributed by atoms with E-state index in [0.29, 0.717) is 38.1 Å². The molecule has 2 aliphatic heterocycles. The van der Waals surface area contributed by atoms with E-state index in [1.807, 2.05) is 29.2 Å². The largest absolute Gasteiger partial charge is 0.416 e. The average Bonchev–Trinajstić information content (AvgIpc) is 3.38. The van der Waals surface area contributed by atoms with E-state index in [4.69, 9.17) is 0 Å². The highest BCUT2D eigenvalue weighted by Crippen LogP contribution is 2.37. The van der Waals surface area contributed by atoms with E-state index < -0.39 is 47.1 Å². The number of hydrogen-bond donors (Lipinski definition) is 2. The first-order chi connectivity index (χ1) is 16.9. The van der Waals surface area contributed by atoms with E-state index in [0.717, 1.165) is 16.5 Å². The number of aliphatic hydroxyl groups excluding tert-OH is 1. The lowest BCUT2D eigenvalue weighted by Gasteiger charge is -2.43. The number of aromatic amines is 1. The van der Waals surface area contributed by atoms with Gasteiger partial charge < -0.3 is 15.0 Å². The number of aromatic nitrogens is 1. The molecule has 2 N–H and O–H groups in total. The van der Waals surface area contributed by atoms with E-state index in [9.17, 15) is 36.2 Å². The van der Waals surface area contributed by atoms with Crippen LogP contribution >= 0.6 is 0 Å². The molecule has 2 fully saturated rings. The van der Waals surface area contributed by atoms with Gasteiger partial charge in [-0.25, -0.2) is 0 Å². The molecule has 2 aromatic carbocycles. The Balaban J connectivity index is 1.52. The predicted octanol–water partition coefficient (Wildman–Crippen LogP) is 4.71. The van der Waals surface area contributed by atoms with Crippen molar-refractivity contribution in [2.24, 2.45) is 0 Å². The zero-order valence-electron chi connectivity index (χ0n) is 18.9. The van der Waals surface area contributed by atoms with Crippen LogP contribution in [0.3, 0.4) is 0 Å². The van der Waals surface area contributed by atoms with E-state index in [-0.39, 0.29) is 18.7 Å². The highest BCUT2D eigenvalue weighted by Gasteiger charge is 2.43. The number of nitrogens with one attached hydrogen (secondary N) is 1. The van der Waals surface area contributed by atoms with E-state index in [2.05, 4.69) is 4.98 Å². The minimum Gasteiger partial charge on any atom is -0.392 e. The Labute approximate surface area is 202 Å². The molecule has 3 heterocycles. The summed E-state index contributed by atoms with van der Waals surface area (Å²) in [6.45, 7) is 0.845. The summed E-state index contributed by atoms with van der Waals surface area (Å²) in [7, 11) is 0. The smallest absolute Gasteiger partial charge is 0.392 e. The van der Waals surface area contributed by atoms with Gasteiger partial charge in [0.05, 0.1) is 17.2 Å². The lowest BCUT2D eigenvalue weighted by atomic mass is 9.97. The highest BCUT2D eigenvalue weighted by atomic mass is 19.4. The number of aliphatic hydroxyl groups is 1. The minimum atomic E-state index is -5.05. The number of nitrogens with zero attached hydrogens (tertiary/aromatic N) is 2. The number of amides is 1. The highest BCUT2D eigenvalue weighted by molar-refractivity contribution is 5.95. The van der Waals surface area contributed by atoms with Gasteiger partial charge in [-0.3, -0.25) is 9.69 Å². The monoisotopic (exact) mass is 511 g/mol. The molecule has 3 atom stereocenters. The molecule has 0 saturated carbocycles. The average molecular weight is 511 g/mol. The van der Waals surface area contributed by atoms with Crippen molar-refractivity contribution in [1.29, 1.82) is 0 Å². The van der Waals surface area contributed by atoms with Gasteiger partial charge in [0.15, 0.2) is 0 Å². The first-order valence-electron chi connectivity index (χ1n) is 11.5. The molecule has 2 saturated heterocycles. The summed E-state index contributed by atoms with van der Waals surface area (Å²) in [6.07, 6.45) is -8.18. The molecule has 5 nitrogen and oxygen atoms in total. The van der Waals surface area contributed by atoms with Crippen LogP contribution in [0.4, 0.5) is 26.3 Å². The molecular weight excluding hydrogens is 488 g/mol. The first-order valence-corrected chi connectivity index (χ1v) is 11.5. The van der Waals surface area contributed by atoms with Crippen molar-refractivity contribution in [2.75, 3.05) is 19.6 Å². The van der Waals surface area contributed by atoms with Gasteiger partial charge in [-0.05, 0) is 42.7 Å². The van der Waals surface area contributed by atoms with Crippen LogP contribution in [0.15, 0.2) is 48.7 Å². The number of carbonyl (C=O) groups is 1. The second kappa shape index (κ2) is 8.81. The molecule has 3 unspecified atom stereocenters. The molecule has 192 valence electrons. The Morgan fingerprint density at radius 1 is 0.972 bits per heavy atom.